The van der Waals surface area contributed by atoms with Crippen LogP contribution in [-0.2, 0) is 16.0 Å². The van der Waals surface area contributed by atoms with Crippen LogP contribution in [0.1, 0.15) is 17.5 Å². The van der Waals surface area contributed by atoms with Crippen molar-refractivity contribution in [2.45, 2.75) is 19.8 Å². The minimum Gasteiger partial charge on any atom is -0.375 e. The van der Waals surface area contributed by atoms with Crippen LogP contribution in [0.5, 0.6) is 0 Å². The van der Waals surface area contributed by atoms with Crippen LogP contribution in [-0.4, -0.2) is 68.2 Å². The van der Waals surface area contributed by atoms with E-state index < -0.39 is 0 Å². The van der Waals surface area contributed by atoms with Gasteiger partial charge in [0, 0.05) is 39.8 Å². The molecule has 1 heterocycles. The summed E-state index contributed by atoms with van der Waals surface area (Å²) in [5.74, 6) is -0.0145. The van der Waals surface area contributed by atoms with Crippen molar-refractivity contribution in [3.8, 4) is 0 Å². The zero-order valence-electron chi connectivity index (χ0n) is 14.6. The number of carbonyl (C=O) groups excluding carboxylic acids is 2. The molecule has 0 unspecified atom stereocenters. The first-order valence-electron chi connectivity index (χ1n) is 8.46. The fourth-order valence-corrected chi connectivity index (χ4v) is 2.89. The van der Waals surface area contributed by atoms with Crippen molar-refractivity contribution in [1.29, 1.82) is 0 Å². The standard InChI is InChI=1S/C18H27N3O3/c1-15-6-3-4-7-16(15)8-9-19-18(23)21-11-5-10-20(12-13-21)17(22)14-24-2/h3-4,6-7H,5,8-14H2,1-2H3,(H,19,23). The molecule has 1 aromatic carbocycles. The van der Waals surface area contributed by atoms with Crippen molar-refractivity contribution in [2.24, 2.45) is 0 Å². The number of amides is 3. The predicted molar refractivity (Wildman–Crippen MR) is 92.9 cm³/mol. The van der Waals surface area contributed by atoms with Crippen molar-refractivity contribution < 1.29 is 14.3 Å². The molecule has 1 aliphatic rings. The predicted octanol–water partition coefficient (Wildman–Crippen LogP) is 1.43. The fourth-order valence-electron chi connectivity index (χ4n) is 2.89. The molecule has 1 fully saturated rings. The highest BCUT2D eigenvalue weighted by atomic mass is 16.5. The molecule has 0 radical (unpaired) electrons. The summed E-state index contributed by atoms with van der Waals surface area (Å²) in [7, 11) is 1.52. The van der Waals surface area contributed by atoms with E-state index in [1.165, 1.54) is 18.2 Å². The Hall–Kier alpha value is -2.08. The van der Waals surface area contributed by atoms with Crippen molar-refractivity contribution in [3.63, 3.8) is 0 Å². The van der Waals surface area contributed by atoms with Gasteiger partial charge in [-0.15, -0.1) is 0 Å². The Morgan fingerprint density at radius 2 is 1.83 bits per heavy atom. The number of benzene rings is 1. The highest BCUT2D eigenvalue weighted by Gasteiger charge is 2.21. The first kappa shape index (κ1) is 18.3. The largest absolute Gasteiger partial charge is 0.375 e. The van der Waals surface area contributed by atoms with Crippen LogP contribution in [0.2, 0.25) is 0 Å². The van der Waals surface area contributed by atoms with Gasteiger partial charge in [0.25, 0.3) is 0 Å². The van der Waals surface area contributed by atoms with E-state index in [9.17, 15) is 9.59 Å². The van der Waals surface area contributed by atoms with E-state index in [4.69, 9.17) is 4.74 Å². The Labute approximate surface area is 143 Å². The summed E-state index contributed by atoms with van der Waals surface area (Å²) in [5.41, 5.74) is 2.50. The van der Waals surface area contributed by atoms with Crippen LogP contribution < -0.4 is 5.32 Å². The number of ether oxygens (including phenoxy) is 1. The number of urea groups is 1. The zero-order valence-corrected chi connectivity index (χ0v) is 14.6. The second kappa shape index (κ2) is 9.27. The third-order valence-electron chi connectivity index (χ3n) is 4.34. The maximum atomic E-state index is 12.3. The van der Waals surface area contributed by atoms with Crippen molar-refractivity contribution in [3.05, 3.63) is 35.4 Å². The molecule has 1 saturated heterocycles. The number of hydrogen-bond acceptors (Lipinski definition) is 3. The van der Waals surface area contributed by atoms with E-state index >= 15 is 0 Å². The van der Waals surface area contributed by atoms with Crippen molar-refractivity contribution in [1.82, 2.24) is 15.1 Å². The monoisotopic (exact) mass is 333 g/mol. The molecule has 0 atom stereocenters. The van der Waals surface area contributed by atoms with E-state index in [1.54, 1.807) is 9.80 Å². The van der Waals surface area contributed by atoms with Gasteiger partial charge in [-0.25, -0.2) is 4.79 Å². The third kappa shape index (κ3) is 5.23. The highest BCUT2D eigenvalue weighted by molar-refractivity contribution is 5.78. The number of rotatable bonds is 5. The third-order valence-corrected chi connectivity index (χ3v) is 4.34. The molecule has 132 valence electrons. The van der Waals surface area contributed by atoms with Crippen molar-refractivity contribution in [2.75, 3.05) is 46.4 Å². The SMILES string of the molecule is COCC(=O)N1CCCN(C(=O)NCCc2ccccc2C)CC1. The lowest BCUT2D eigenvalue weighted by atomic mass is 10.1. The summed E-state index contributed by atoms with van der Waals surface area (Å²) in [6, 6.07) is 8.16. The first-order chi connectivity index (χ1) is 11.6. The molecule has 1 aromatic rings. The topological polar surface area (TPSA) is 61.9 Å². The smallest absolute Gasteiger partial charge is 0.317 e. The Balaban J connectivity index is 1.76. The summed E-state index contributed by atoms with van der Waals surface area (Å²) in [6.07, 6.45) is 1.62. The minimum atomic E-state index is -0.0513. The summed E-state index contributed by atoms with van der Waals surface area (Å²) >= 11 is 0. The zero-order chi connectivity index (χ0) is 17.4. The van der Waals surface area contributed by atoms with Gasteiger partial charge >= 0.3 is 6.03 Å². The molecule has 3 amide bonds. The Bertz CT molecular complexity index is 562. The van der Waals surface area contributed by atoms with Gasteiger partial charge in [0.15, 0.2) is 0 Å². The molecule has 0 spiro atoms. The van der Waals surface area contributed by atoms with Crippen LogP contribution in [0.4, 0.5) is 4.79 Å². The second-order valence-electron chi connectivity index (χ2n) is 6.06. The highest BCUT2D eigenvalue weighted by Crippen LogP contribution is 2.07. The maximum Gasteiger partial charge on any atom is 0.317 e. The van der Waals surface area contributed by atoms with E-state index in [0.717, 1.165) is 12.8 Å². The number of aryl methyl sites for hydroxylation is 1. The van der Waals surface area contributed by atoms with Crippen molar-refractivity contribution >= 4 is 11.9 Å². The molecular weight excluding hydrogens is 306 g/mol. The molecule has 6 nitrogen and oxygen atoms in total. The minimum absolute atomic E-state index is 0.0145. The molecule has 2 rings (SSSR count). The summed E-state index contributed by atoms with van der Waals surface area (Å²) in [6.45, 7) is 5.27. The van der Waals surface area contributed by atoms with E-state index in [2.05, 4.69) is 24.4 Å². The van der Waals surface area contributed by atoms with Crippen LogP contribution in [0.25, 0.3) is 0 Å². The van der Waals surface area contributed by atoms with Crippen LogP contribution in [0, 0.1) is 6.92 Å². The van der Waals surface area contributed by atoms with E-state index in [-0.39, 0.29) is 18.5 Å². The quantitative estimate of drug-likeness (QED) is 0.887. The lowest BCUT2D eigenvalue weighted by Crippen LogP contribution is -2.43. The van der Waals surface area contributed by atoms with Gasteiger partial charge in [-0.3, -0.25) is 4.79 Å². The molecule has 1 aliphatic heterocycles. The first-order valence-corrected chi connectivity index (χ1v) is 8.46. The number of hydrogen-bond donors (Lipinski definition) is 1. The molecular formula is C18H27N3O3. The molecule has 24 heavy (non-hydrogen) atoms. The van der Waals surface area contributed by atoms with Gasteiger partial charge in [-0.2, -0.15) is 0 Å². The van der Waals surface area contributed by atoms with Gasteiger partial charge in [-0.1, -0.05) is 24.3 Å². The Kier molecular flexibility index (Phi) is 7.06. The summed E-state index contributed by atoms with van der Waals surface area (Å²) < 4.78 is 4.89. The van der Waals surface area contributed by atoms with Crippen LogP contribution in [0.15, 0.2) is 24.3 Å². The number of nitrogens with one attached hydrogen (secondary N) is 1. The summed E-state index contributed by atoms with van der Waals surface area (Å²) in [5, 5.41) is 2.98. The van der Waals surface area contributed by atoms with Gasteiger partial charge in [-0.05, 0) is 30.9 Å². The molecule has 0 aromatic heterocycles. The average molecular weight is 333 g/mol. The molecule has 6 heteroatoms. The molecule has 0 aliphatic carbocycles. The average Bonchev–Trinajstić information content (AvgIpc) is 2.83. The molecule has 0 saturated carbocycles. The lowest BCUT2D eigenvalue weighted by Gasteiger charge is -2.22. The summed E-state index contributed by atoms with van der Waals surface area (Å²) in [4.78, 5) is 27.7. The van der Waals surface area contributed by atoms with Gasteiger partial charge in [0.05, 0.1) is 0 Å². The van der Waals surface area contributed by atoms with E-state index in [0.29, 0.717) is 32.7 Å². The van der Waals surface area contributed by atoms with E-state index in [1.807, 2.05) is 12.1 Å². The number of nitrogens with zero attached hydrogens (tertiary/aromatic N) is 2. The number of carbonyl (C=O) groups is 2. The van der Waals surface area contributed by atoms with Crippen LogP contribution >= 0.6 is 0 Å². The lowest BCUT2D eigenvalue weighted by molar-refractivity contribution is -0.135. The van der Waals surface area contributed by atoms with Gasteiger partial charge in [0.2, 0.25) is 5.91 Å². The Morgan fingerprint density at radius 1 is 1.12 bits per heavy atom. The molecule has 1 N–H and O–H groups in total. The van der Waals surface area contributed by atoms with Gasteiger partial charge < -0.3 is 19.9 Å². The molecule has 0 bridgehead atoms. The second-order valence-corrected chi connectivity index (χ2v) is 6.06. The maximum absolute atomic E-state index is 12.3. The fraction of sp³-hybridized carbons (Fsp3) is 0.556. The number of methoxy groups -OCH3 is 1. The Morgan fingerprint density at radius 3 is 2.58 bits per heavy atom. The normalized spacial score (nSPS) is 15.1. The van der Waals surface area contributed by atoms with Gasteiger partial charge in [0.1, 0.15) is 6.61 Å². The van der Waals surface area contributed by atoms with Crippen LogP contribution in [0.3, 0.4) is 0 Å².